The number of ether oxygens (including phenoxy) is 3. The highest BCUT2D eigenvalue weighted by molar-refractivity contribution is 7.47. The Balaban J connectivity index is 1.15. The molecule has 306 valence electrons. The van der Waals surface area contributed by atoms with E-state index in [0.717, 1.165) is 50.9 Å². The van der Waals surface area contributed by atoms with Crippen LogP contribution in [0, 0.1) is 11.3 Å². The molecule has 1 aliphatic rings. The SMILES string of the molecule is CCCCCCCCCOCCCCCCCCCC[C@H](COP(=O)(O)OC[C@H]1O[C@@](C#N)(c2ccc3c(N)ncnn23)[C@@H](O)C1O)OCc1cccnc1. The van der Waals surface area contributed by atoms with E-state index < -0.39 is 44.4 Å². The lowest BCUT2D eigenvalue weighted by Crippen LogP contribution is -2.41. The van der Waals surface area contributed by atoms with E-state index in [1.807, 2.05) is 18.2 Å². The van der Waals surface area contributed by atoms with Gasteiger partial charge in [-0.05, 0) is 43.0 Å². The highest BCUT2D eigenvalue weighted by atomic mass is 31.2. The van der Waals surface area contributed by atoms with E-state index in [9.17, 15) is 24.9 Å². The molecule has 3 aromatic rings. The van der Waals surface area contributed by atoms with Crippen molar-refractivity contribution in [3.63, 3.8) is 0 Å². The van der Waals surface area contributed by atoms with Crippen molar-refractivity contribution in [2.45, 2.75) is 146 Å². The molecular weight excluding hydrogens is 727 g/mol. The van der Waals surface area contributed by atoms with Crippen molar-refractivity contribution in [2.75, 3.05) is 32.2 Å². The summed E-state index contributed by atoms with van der Waals surface area (Å²) in [5.41, 5.74) is 5.16. The summed E-state index contributed by atoms with van der Waals surface area (Å²) in [5, 5.41) is 36.0. The van der Waals surface area contributed by atoms with Crippen LogP contribution in [0.3, 0.4) is 0 Å². The number of phosphoric ester groups is 1. The van der Waals surface area contributed by atoms with Gasteiger partial charge in [-0.15, -0.1) is 0 Å². The van der Waals surface area contributed by atoms with Gasteiger partial charge in [-0.3, -0.25) is 14.0 Å². The lowest BCUT2D eigenvalue weighted by atomic mass is 9.92. The zero-order valence-corrected chi connectivity index (χ0v) is 33.1. The molecule has 5 N–H and O–H groups in total. The number of anilines is 1. The number of rotatable bonds is 29. The molecule has 6 atom stereocenters. The summed E-state index contributed by atoms with van der Waals surface area (Å²) in [7, 11) is -4.67. The minimum absolute atomic E-state index is 0.0971. The zero-order valence-electron chi connectivity index (χ0n) is 32.3. The van der Waals surface area contributed by atoms with Crippen molar-refractivity contribution < 1.29 is 42.9 Å². The number of aromatic nitrogens is 4. The Bertz CT molecular complexity index is 1610. The summed E-state index contributed by atoms with van der Waals surface area (Å²) < 4.78 is 42.5. The van der Waals surface area contributed by atoms with Crippen LogP contribution in [-0.4, -0.2) is 85.5 Å². The standard InChI is InChI=1S/C39H61N6O9P/c1-2-3-4-5-9-12-15-23-50-24-16-13-10-7-6-8-11-14-19-32(51-26-31-18-17-22-42-25-31)27-52-55(48,49)53-28-34-36(46)37(47)39(29-40,54-34)35-21-20-33-38(41)43-30-44-45(33)35/h17-18,20-22,25,30,32,34,36-37,46-47H,2-16,19,23-24,26-28H2,1H3,(H,48,49)(H2,41,43,44)/t32-,34-,36?,37+,39+/m1/s1. The number of hydrogen-bond acceptors (Lipinski definition) is 13. The summed E-state index contributed by atoms with van der Waals surface area (Å²) >= 11 is 0. The second-order valence-electron chi connectivity index (χ2n) is 14.3. The first-order valence-electron chi connectivity index (χ1n) is 19.9. The van der Waals surface area contributed by atoms with Crippen LogP contribution in [0.5, 0.6) is 0 Å². The van der Waals surface area contributed by atoms with Gasteiger partial charge >= 0.3 is 7.82 Å². The summed E-state index contributed by atoms with van der Waals surface area (Å²) in [6, 6.07) is 8.65. The second-order valence-corrected chi connectivity index (χ2v) is 15.8. The van der Waals surface area contributed by atoms with Crippen LogP contribution >= 0.6 is 7.82 Å². The fourth-order valence-electron chi connectivity index (χ4n) is 6.74. The first-order valence-corrected chi connectivity index (χ1v) is 21.4. The molecular formula is C39H61N6O9P. The molecule has 16 heteroatoms. The summed E-state index contributed by atoms with van der Waals surface area (Å²) in [4.78, 5) is 18.6. The smallest absolute Gasteiger partial charge is 0.387 e. The molecule has 0 radical (unpaired) electrons. The topological polar surface area (TPSA) is 217 Å². The molecule has 1 aliphatic heterocycles. The predicted molar refractivity (Wildman–Crippen MR) is 206 cm³/mol. The number of phosphoric acid groups is 1. The minimum Gasteiger partial charge on any atom is -0.387 e. The molecule has 0 saturated carbocycles. The van der Waals surface area contributed by atoms with Crippen molar-refractivity contribution in [1.82, 2.24) is 19.6 Å². The van der Waals surface area contributed by atoms with Crippen LogP contribution in [0.15, 0.2) is 43.0 Å². The first-order chi connectivity index (χ1) is 26.7. The molecule has 0 bridgehead atoms. The third-order valence-electron chi connectivity index (χ3n) is 9.98. The summed E-state index contributed by atoms with van der Waals surface area (Å²) in [6.07, 6.45) is 17.8. The van der Waals surface area contributed by atoms with Gasteiger partial charge in [0.1, 0.15) is 36.2 Å². The summed E-state index contributed by atoms with van der Waals surface area (Å²) in [6.45, 7) is 3.36. The average Bonchev–Trinajstić information content (AvgIpc) is 3.74. The van der Waals surface area contributed by atoms with E-state index in [4.69, 9.17) is 29.0 Å². The number of fused-ring (bicyclic) bond motifs is 1. The van der Waals surface area contributed by atoms with Crippen LogP contribution in [-0.2, 0) is 40.0 Å². The lowest BCUT2D eigenvalue weighted by molar-refractivity contribution is -0.0658. The van der Waals surface area contributed by atoms with Crippen LogP contribution in [0.2, 0.25) is 0 Å². The first kappa shape index (κ1) is 44.7. The van der Waals surface area contributed by atoms with Crippen LogP contribution < -0.4 is 5.73 Å². The molecule has 0 aromatic carbocycles. The van der Waals surface area contributed by atoms with Gasteiger partial charge in [0, 0.05) is 25.6 Å². The number of nitrogens with two attached hydrogens (primary N) is 1. The number of nitrogen functional groups attached to an aromatic ring is 1. The Hall–Kier alpha value is -3.03. The number of pyridine rings is 1. The molecule has 4 heterocycles. The maximum atomic E-state index is 13.0. The monoisotopic (exact) mass is 788 g/mol. The Labute approximate surface area is 325 Å². The Morgan fingerprint density at radius 3 is 2.31 bits per heavy atom. The quantitative estimate of drug-likeness (QED) is 0.0434. The van der Waals surface area contributed by atoms with Gasteiger partial charge in [-0.25, -0.2) is 14.1 Å². The van der Waals surface area contributed by atoms with E-state index >= 15 is 0 Å². The maximum Gasteiger partial charge on any atom is 0.472 e. The van der Waals surface area contributed by atoms with Gasteiger partial charge in [-0.1, -0.05) is 96.5 Å². The van der Waals surface area contributed by atoms with Crippen molar-refractivity contribution in [1.29, 1.82) is 5.26 Å². The van der Waals surface area contributed by atoms with Crippen molar-refractivity contribution in [3.05, 3.63) is 54.2 Å². The van der Waals surface area contributed by atoms with Gasteiger partial charge in [-0.2, -0.15) is 10.4 Å². The highest BCUT2D eigenvalue weighted by Crippen LogP contribution is 2.46. The van der Waals surface area contributed by atoms with Crippen LogP contribution in [0.25, 0.3) is 5.52 Å². The maximum absolute atomic E-state index is 13.0. The van der Waals surface area contributed by atoms with Gasteiger partial charge in [0.25, 0.3) is 0 Å². The molecule has 0 amide bonds. The lowest BCUT2D eigenvalue weighted by Gasteiger charge is -2.24. The predicted octanol–water partition coefficient (Wildman–Crippen LogP) is 6.54. The van der Waals surface area contributed by atoms with Gasteiger partial charge in [0.2, 0.25) is 5.60 Å². The number of aliphatic hydroxyl groups excluding tert-OH is 2. The van der Waals surface area contributed by atoms with Crippen LogP contribution in [0.4, 0.5) is 5.82 Å². The third-order valence-corrected chi connectivity index (χ3v) is 10.9. The third kappa shape index (κ3) is 14.1. The number of hydrogen-bond donors (Lipinski definition) is 4. The van der Waals surface area contributed by atoms with Gasteiger partial charge < -0.3 is 35.1 Å². The molecule has 0 aliphatic carbocycles. The van der Waals surface area contributed by atoms with Crippen molar-refractivity contribution >= 4 is 19.2 Å². The molecule has 1 saturated heterocycles. The average molecular weight is 789 g/mol. The van der Waals surface area contributed by atoms with Gasteiger partial charge in [0.05, 0.1) is 31.6 Å². The number of unbranched alkanes of at least 4 members (excludes halogenated alkanes) is 13. The molecule has 4 rings (SSSR count). The number of aliphatic hydroxyl groups is 2. The Morgan fingerprint density at radius 1 is 0.982 bits per heavy atom. The van der Waals surface area contributed by atoms with E-state index in [1.54, 1.807) is 18.5 Å². The molecule has 1 fully saturated rings. The van der Waals surface area contributed by atoms with E-state index in [0.29, 0.717) is 11.9 Å². The largest absolute Gasteiger partial charge is 0.472 e. The van der Waals surface area contributed by atoms with Crippen molar-refractivity contribution in [3.8, 4) is 6.07 Å². The Kier molecular flexibility index (Phi) is 19.4. The summed E-state index contributed by atoms with van der Waals surface area (Å²) in [5.74, 6) is 0.139. The Morgan fingerprint density at radius 2 is 1.65 bits per heavy atom. The van der Waals surface area contributed by atoms with E-state index in [1.165, 1.54) is 81.1 Å². The van der Waals surface area contributed by atoms with Gasteiger partial charge in [0.15, 0.2) is 5.82 Å². The minimum atomic E-state index is -4.67. The fraction of sp³-hybridized carbons (Fsp3) is 0.692. The van der Waals surface area contributed by atoms with E-state index in [-0.39, 0.29) is 24.7 Å². The molecule has 15 nitrogen and oxygen atoms in total. The van der Waals surface area contributed by atoms with Crippen LogP contribution in [0.1, 0.15) is 121 Å². The number of nitriles is 1. The number of nitrogens with zero attached hydrogens (tertiary/aromatic N) is 5. The van der Waals surface area contributed by atoms with Crippen molar-refractivity contribution in [2.24, 2.45) is 0 Å². The molecule has 0 spiro atoms. The molecule has 2 unspecified atom stereocenters. The van der Waals surface area contributed by atoms with E-state index in [2.05, 4.69) is 22.0 Å². The highest BCUT2D eigenvalue weighted by Gasteiger charge is 2.58. The normalized spacial score (nSPS) is 21.5. The molecule has 3 aromatic heterocycles. The fourth-order valence-corrected chi connectivity index (χ4v) is 7.51. The zero-order chi connectivity index (χ0) is 39.4. The molecule has 55 heavy (non-hydrogen) atoms. The second kappa shape index (κ2) is 23.9.